The molecule has 8 heteroatoms. The van der Waals surface area contributed by atoms with E-state index in [0.717, 1.165) is 11.1 Å². The van der Waals surface area contributed by atoms with Crippen molar-refractivity contribution in [3.8, 4) is 23.7 Å². The van der Waals surface area contributed by atoms with Gasteiger partial charge in [-0.2, -0.15) is 0 Å². The number of carbonyl (C=O) groups excluding carboxylic acids is 2. The lowest BCUT2D eigenvalue weighted by molar-refractivity contribution is 0.0920. The van der Waals surface area contributed by atoms with E-state index in [-0.39, 0.29) is 23.3 Å². The SMILES string of the molecule is O=C(NCCSSCCNC(=O)c1ccc(C#Cc2ccccc2)o1)c1ccc(C#Cc2ccccc2)o1. The molecule has 0 unspecified atom stereocenters. The third-order valence-corrected chi connectivity index (χ3v) is 7.30. The molecular formula is C30H24N2O4S2. The van der Waals surface area contributed by atoms with E-state index in [1.165, 1.54) is 0 Å². The molecule has 0 atom stereocenters. The average molecular weight is 541 g/mol. The minimum absolute atomic E-state index is 0.231. The number of hydrogen-bond acceptors (Lipinski definition) is 6. The summed E-state index contributed by atoms with van der Waals surface area (Å²) in [5.74, 6) is 14.1. The number of furan rings is 2. The zero-order valence-electron chi connectivity index (χ0n) is 20.4. The Morgan fingerprint density at radius 1 is 0.579 bits per heavy atom. The quantitative estimate of drug-likeness (QED) is 0.172. The van der Waals surface area contributed by atoms with Crippen LogP contribution in [0.4, 0.5) is 0 Å². The largest absolute Gasteiger partial charge is 0.443 e. The van der Waals surface area contributed by atoms with Crippen LogP contribution in [-0.2, 0) is 0 Å². The highest BCUT2D eigenvalue weighted by molar-refractivity contribution is 8.76. The molecule has 0 aliphatic rings. The van der Waals surface area contributed by atoms with Gasteiger partial charge in [-0.1, -0.05) is 69.8 Å². The van der Waals surface area contributed by atoms with Crippen LogP contribution in [0.1, 0.15) is 43.8 Å². The highest BCUT2D eigenvalue weighted by Crippen LogP contribution is 2.19. The van der Waals surface area contributed by atoms with Crippen molar-refractivity contribution in [3.63, 3.8) is 0 Å². The van der Waals surface area contributed by atoms with Gasteiger partial charge in [0, 0.05) is 35.7 Å². The number of amides is 2. The Balaban J connectivity index is 1.07. The molecule has 2 N–H and O–H groups in total. The molecule has 4 rings (SSSR count). The average Bonchev–Trinajstić information content (AvgIpc) is 3.63. The third-order valence-electron chi connectivity index (χ3n) is 4.89. The fraction of sp³-hybridized carbons (Fsp3) is 0.133. The topological polar surface area (TPSA) is 84.5 Å². The number of rotatable bonds is 9. The molecule has 190 valence electrons. The van der Waals surface area contributed by atoms with Gasteiger partial charge in [-0.3, -0.25) is 9.59 Å². The Hall–Kier alpha value is -4.24. The lowest BCUT2D eigenvalue weighted by atomic mass is 10.2. The first kappa shape index (κ1) is 26.8. The highest BCUT2D eigenvalue weighted by Gasteiger charge is 2.11. The summed E-state index contributed by atoms with van der Waals surface area (Å²) in [7, 11) is 3.23. The molecule has 4 aromatic rings. The zero-order chi connectivity index (χ0) is 26.4. The summed E-state index contributed by atoms with van der Waals surface area (Å²) >= 11 is 0. The summed E-state index contributed by atoms with van der Waals surface area (Å²) in [5, 5.41) is 5.66. The standard InChI is InChI=1S/C30H24N2O4S2/c33-29(27-17-15-25(35-27)13-11-23-7-3-1-4-8-23)31-19-21-37-38-22-20-32-30(34)28-18-16-26(36-28)14-12-24-9-5-2-6-10-24/h1-10,15-18H,19-22H2,(H,31,33)(H,32,34). The molecule has 38 heavy (non-hydrogen) atoms. The van der Waals surface area contributed by atoms with Crippen molar-refractivity contribution >= 4 is 33.4 Å². The monoisotopic (exact) mass is 540 g/mol. The molecule has 6 nitrogen and oxygen atoms in total. The number of benzene rings is 2. The van der Waals surface area contributed by atoms with Gasteiger partial charge in [-0.05, 0) is 60.4 Å². The van der Waals surface area contributed by atoms with Gasteiger partial charge in [0.1, 0.15) is 0 Å². The molecule has 0 aliphatic carbocycles. The predicted octanol–water partition coefficient (Wildman–Crippen LogP) is 5.21. The minimum atomic E-state index is -0.276. The van der Waals surface area contributed by atoms with Crippen LogP contribution in [-0.4, -0.2) is 36.4 Å². The highest BCUT2D eigenvalue weighted by atomic mass is 33.1. The van der Waals surface area contributed by atoms with E-state index >= 15 is 0 Å². The maximum atomic E-state index is 12.3. The van der Waals surface area contributed by atoms with Crippen molar-refractivity contribution in [2.24, 2.45) is 0 Å². The summed E-state index contributed by atoms with van der Waals surface area (Å²) in [6.45, 7) is 0.988. The number of hydrogen-bond donors (Lipinski definition) is 2. The van der Waals surface area contributed by atoms with Gasteiger partial charge in [0.2, 0.25) is 0 Å². The van der Waals surface area contributed by atoms with Crippen LogP contribution in [0.5, 0.6) is 0 Å². The van der Waals surface area contributed by atoms with Crippen molar-refractivity contribution < 1.29 is 18.4 Å². The van der Waals surface area contributed by atoms with Gasteiger partial charge < -0.3 is 19.5 Å². The molecular weight excluding hydrogens is 516 g/mol. The first-order valence-electron chi connectivity index (χ1n) is 11.8. The van der Waals surface area contributed by atoms with E-state index < -0.39 is 0 Å². The van der Waals surface area contributed by atoms with E-state index in [1.807, 2.05) is 60.7 Å². The Kier molecular flexibility index (Phi) is 10.2. The molecule has 0 saturated heterocycles. The van der Waals surface area contributed by atoms with Crippen LogP contribution in [0.2, 0.25) is 0 Å². The van der Waals surface area contributed by atoms with Crippen LogP contribution < -0.4 is 10.6 Å². The summed E-state index contributed by atoms with van der Waals surface area (Å²) in [5.41, 5.74) is 1.76. The lowest BCUT2D eigenvalue weighted by Crippen LogP contribution is -2.25. The summed E-state index contributed by atoms with van der Waals surface area (Å²) in [6.07, 6.45) is 0. The second kappa shape index (κ2) is 14.5. The summed E-state index contributed by atoms with van der Waals surface area (Å²) < 4.78 is 11.0. The second-order valence-electron chi connectivity index (χ2n) is 7.72. The van der Waals surface area contributed by atoms with Gasteiger partial charge in [0.15, 0.2) is 23.0 Å². The van der Waals surface area contributed by atoms with Gasteiger partial charge in [0.25, 0.3) is 11.8 Å². The van der Waals surface area contributed by atoms with E-state index in [9.17, 15) is 9.59 Å². The molecule has 0 saturated carbocycles. The van der Waals surface area contributed by atoms with Gasteiger partial charge in [-0.25, -0.2) is 0 Å². The van der Waals surface area contributed by atoms with E-state index in [4.69, 9.17) is 8.83 Å². The van der Waals surface area contributed by atoms with E-state index in [1.54, 1.807) is 45.9 Å². The molecule has 2 aromatic heterocycles. The molecule has 2 heterocycles. The predicted molar refractivity (Wildman–Crippen MR) is 152 cm³/mol. The van der Waals surface area contributed by atoms with Crippen molar-refractivity contribution in [1.82, 2.24) is 10.6 Å². The third kappa shape index (κ3) is 8.70. The van der Waals surface area contributed by atoms with Crippen molar-refractivity contribution in [3.05, 3.63) is 119 Å². The van der Waals surface area contributed by atoms with Crippen molar-refractivity contribution in [2.45, 2.75) is 0 Å². The Labute approximate surface area is 229 Å². The normalized spacial score (nSPS) is 10.0. The lowest BCUT2D eigenvalue weighted by Gasteiger charge is -2.04. The summed E-state index contributed by atoms with van der Waals surface area (Å²) in [6, 6.07) is 25.8. The van der Waals surface area contributed by atoms with Crippen LogP contribution in [0.25, 0.3) is 0 Å². The van der Waals surface area contributed by atoms with Crippen molar-refractivity contribution in [1.29, 1.82) is 0 Å². The Bertz CT molecular complexity index is 1360. The molecule has 2 amide bonds. The van der Waals surface area contributed by atoms with Crippen LogP contribution in [0.3, 0.4) is 0 Å². The van der Waals surface area contributed by atoms with Gasteiger partial charge >= 0.3 is 0 Å². The maximum Gasteiger partial charge on any atom is 0.287 e. The molecule has 2 aromatic carbocycles. The Morgan fingerprint density at radius 3 is 1.42 bits per heavy atom. The second-order valence-corrected chi connectivity index (χ2v) is 10.4. The number of carbonyl (C=O) groups is 2. The molecule has 0 fully saturated rings. The molecule has 0 bridgehead atoms. The fourth-order valence-electron chi connectivity index (χ4n) is 3.07. The smallest absolute Gasteiger partial charge is 0.287 e. The van der Waals surface area contributed by atoms with E-state index in [0.29, 0.717) is 36.1 Å². The fourth-order valence-corrected chi connectivity index (χ4v) is 4.88. The first-order valence-corrected chi connectivity index (χ1v) is 14.3. The molecule has 0 radical (unpaired) electrons. The van der Waals surface area contributed by atoms with Crippen LogP contribution in [0, 0.1) is 23.7 Å². The maximum absolute atomic E-state index is 12.3. The molecule has 0 spiro atoms. The van der Waals surface area contributed by atoms with Crippen LogP contribution >= 0.6 is 21.6 Å². The van der Waals surface area contributed by atoms with Crippen LogP contribution in [0.15, 0.2) is 93.8 Å². The van der Waals surface area contributed by atoms with Gasteiger partial charge in [-0.15, -0.1) is 0 Å². The van der Waals surface area contributed by atoms with E-state index in [2.05, 4.69) is 34.3 Å². The summed E-state index contributed by atoms with van der Waals surface area (Å²) in [4.78, 5) is 24.5. The minimum Gasteiger partial charge on any atom is -0.443 e. The van der Waals surface area contributed by atoms with Gasteiger partial charge in [0.05, 0.1) is 0 Å². The number of nitrogens with one attached hydrogen (secondary N) is 2. The molecule has 0 aliphatic heterocycles. The Morgan fingerprint density at radius 2 is 1.00 bits per heavy atom. The first-order chi connectivity index (χ1) is 18.7. The zero-order valence-corrected chi connectivity index (χ0v) is 22.0. The van der Waals surface area contributed by atoms with Crippen molar-refractivity contribution in [2.75, 3.05) is 24.6 Å².